The molecule has 0 unspecified atom stereocenters. The Balaban J connectivity index is 2.77. The second kappa shape index (κ2) is 1.86. The number of H-pyrrole nitrogens is 1. The number of rotatable bonds is 1. The highest BCUT2D eigenvalue weighted by Crippen LogP contribution is 2.02. The van der Waals surface area contributed by atoms with Crippen molar-refractivity contribution < 1.29 is 0 Å². The summed E-state index contributed by atoms with van der Waals surface area (Å²) in [6, 6.07) is 0. The van der Waals surface area contributed by atoms with Crippen LogP contribution < -0.4 is 4.90 Å². The van der Waals surface area contributed by atoms with Gasteiger partial charge in [0.15, 0.2) is 0 Å². The fourth-order valence-corrected chi connectivity index (χ4v) is 0.444. The molecule has 0 fully saturated rings. The lowest BCUT2D eigenvalue weighted by molar-refractivity contribution is 1.08. The van der Waals surface area contributed by atoms with E-state index in [0.29, 0.717) is 0 Å². The molecular formula is C5H8N3. The number of nitrogens with one attached hydrogen (secondary N) is 1. The number of hydrogen-bond acceptors (Lipinski definition) is 2. The van der Waals surface area contributed by atoms with E-state index in [4.69, 9.17) is 0 Å². The van der Waals surface area contributed by atoms with Gasteiger partial charge in [-0.25, -0.2) is 0 Å². The molecule has 0 atom stereocenters. The molecule has 0 saturated heterocycles. The minimum Gasteiger partial charge on any atom is -0.375 e. The average molecular weight is 110 g/mol. The van der Waals surface area contributed by atoms with Gasteiger partial charge in [0.1, 0.15) is 6.20 Å². The molecule has 1 aromatic rings. The molecule has 1 N–H and O–H groups in total. The normalized spacial score (nSPS) is 9.25. The van der Waals surface area contributed by atoms with Crippen LogP contribution in [0.1, 0.15) is 0 Å². The van der Waals surface area contributed by atoms with E-state index in [2.05, 4.69) is 16.4 Å². The third kappa shape index (κ3) is 0.804. The third-order valence-corrected chi connectivity index (χ3v) is 0.918. The molecule has 0 bridgehead atoms. The van der Waals surface area contributed by atoms with Crippen LogP contribution in [0.15, 0.2) is 6.20 Å². The Kier molecular flexibility index (Phi) is 1.20. The largest absolute Gasteiger partial charge is 0.375 e. The Hall–Kier alpha value is -0.990. The predicted molar refractivity (Wildman–Crippen MR) is 31.8 cm³/mol. The molecule has 0 aliphatic carbocycles. The maximum Gasteiger partial charge on any atom is 0.138 e. The van der Waals surface area contributed by atoms with Crippen molar-refractivity contribution >= 4 is 5.69 Å². The van der Waals surface area contributed by atoms with Crippen LogP contribution in [0, 0.1) is 6.20 Å². The van der Waals surface area contributed by atoms with E-state index in [1.54, 1.807) is 6.20 Å². The Labute approximate surface area is 48.3 Å². The van der Waals surface area contributed by atoms with E-state index in [9.17, 15) is 0 Å². The highest BCUT2D eigenvalue weighted by molar-refractivity contribution is 5.37. The fourth-order valence-electron chi connectivity index (χ4n) is 0.444. The van der Waals surface area contributed by atoms with E-state index < -0.39 is 0 Å². The summed E-state index contributed by atoms with van der Waals surface area (Å²) in [4.78, 5) is 1.93. The minimum atomic E-state index is 0.977. The number of anilines is 1. The summed E-state index contributed by atoms with van der Waals surface area (Å²) in [6.45, 7) is 0. The highest BCUT2D eigenvalue weighted by atomic mass is 15.2. The average Bonchev–Trinajstić information content (AvgIpc) is 2.12. The van der Waals surface area contributed by atoms with Crippen molar-refractivity contribution in [2.45, 2.75) is 0 Å². The monoisotopic (exact) mass is 110 g/mol. The maximum absolute atomic E-state index is 3.65. The molecule has 0 aliphatic heterocycles. The zero-order valence-corrected chi connectivity index (χ0v) is 4.97. The Morgan fingerprint density at radius 1 is 1.75 bits per heavy atom. The molecule has 0 saturated carbocycles. The van der Waals surface area contributed by atoms with Crippen LogP contribution in [0.3, 0.4) is 0 Å². The van der Waals surface area contributed by atoms with Crippen LogP contribution in [0.2, 0.25) is 0 Å². The van der Waals surface area contributed by atoms with Crippen LogP contribution >= 0.6 is 0 Å². The first-order valence-electron chi connectivity index (χ1n) is 2.39. The van der Waals surface area contributed by atoms with E-state index in [1.807, 2.05) is 19.0 Å². The van der Waals surface area contributed by atoms with E-state index in [-0.39, 0.29) is 0 Å². The van der Waals surface area contributed by atoms with Crippen molar-refractivity contribution in [1.29, 1.82) is 0 Å². The van der Waals surface area contributed by atoms with Crippen molar-refractivity contribution in [2.24, 2.45) is 0 Å². The molecule has 1 heterocycles. The van der Waals surface area contributed by atoms with Crippen LogP contribution in [0.25, 0.3) is 0 Å². The smallest absolute Gasteiger partial charge is 0.138 e. The van der Waals surface area contributed by atoms with Crippen molar-refractivity contribution in [3.05, 3.63) is 12.4 Å². The van der Waals surface area contributed by atoms with Gasteiger partial charge in [-0.3, -0.25) is 5.10 Å². The second-order valence-corrected chi connectivity index (χ2v) is 1.78. The SMILES string of the molecule is CN(C)c1[c]n[nH]c1. The number of aromatic amines is 1. The predicted octanol–water partition coefficient (Wildman–Crippen LogP) is 0.276. The van der Waals surface area contributed by atoms with Gasteiger partial charge >= 0.3 is 0 Å². The lowest BCUT2D eigenvalue weighted by atomic mass is 10.5. The molecule has 1 radical (unpaired) electrons. The first-order valence-corrected chi connectivity index (χ1v) is 2.39. The van der Waals surface area contributed by atoms with Gasteiger partial charge in [-0.1, -0.05) is 0 Å². The summed E-state index contributed by atoms with van der Waals surface area (Å²) in [6.07, 6.45) is 4.55. The highest BCUT2D eigenvalue weighted by Gasteiger charge is 1.91. The summed E-state index contributed by atoms with van der Waals surface area (Å²) < 4.78 is 0. The number of nitrogens with zero attached hydrogens (tertiary/aromatic N) is 2. The van der Waals surface area contributed by atoms with Gasteiger partial charge < -0.3 is 4.90 Å². The maximum atomic E-state index is 3.65. The third-order valence-electron chi connectivity index (χ3n) is 0.918. The molecule has 3 nitrogen and oxygen atoms in total. The molecule has 0 amide bonds. The molecular weight excluding hydrogens is 102 g/mol. The van der Waals surface area contributed by atoms with Crippen molar-refractivity contribution in [3.8, 4) is 0 Å². The second-order valence-electron chi connectivity index (χ2n) is 1.78. The Morgan fingerprint density at radius 3 is 2.75 bits per heavy atom. The first kappa shape index (κ1) is 5.15. The zero-order chi connectivity index (χ0) is 5.98. The summed E-state index contributed by atoms with van der Waals surface area (Å²) in [5, 5.41) is 6.32. The lowest BCUT2D eigenvalue weighted by Gasteiger charge is -2.05. The van der Waals surface area contributed by atoms with Gasteiger partial charge in [-0.05, 0) is 0 Å². The number of hydrogen-bond donors (Lipinski definition) is 1. The number of aromatic nitrogens is 2. The van der Waals surface area contributed by atoms with Crippen molar-refractivity contribution in [2.75, 3.05) is 19.0 Å². The molecule has 1 rings (SSSR count). The van der Waals surface area contributed by atoms with Gasteiger partial charge in [0.2, 0.25) is 0 Å². The van der Waals surface area contributed by atoms with Crippen LogP contribution in [-0.2, 0) is 0 Å². The summed E-state index contributed by atoms with van der Waals surface area (Å²) in [5.74, 6) is 0. The van der Waals surface area contributed by atoms with Crippen molar-refractivity contribution in [3.63, 3.8) is 0 Å². The van der Waals surface area contributed by atoms with Gasteiger partial charge in [0.25, 0.3) is 0 Å². The van der Waals surface area contributed by atoms with Gasteiger partial charge in [-0.2, -0.15) is 5.10 Å². The van der Waals surface area contributed by atoms with Crippen LogP contribution in [0.4, 0.5) is 5.69 Å². The topological polar surface area (TPSA) is 31.9 Å². The van der Waals surface area contributed by atoms with Gasteiger partial charge in [-0.15, -0.1) is 0 Å². The van der Waals surface area contributed by atoms with Gasteiger partial charge in [0, 0.05) is 20.3 Å². The zero-order valence-electron chi connectivity index (χ0n) is 4.97. The van der Waals surface area contributed by atoms with E-state index in [1.165, 1.54) is 0 Å². The summed E-state index contributed by atoms with van der Waals surface area (Å²) in [5.41, 5.74) is 0.977. The standard InChI is InChI=1S/C5H8N3/c1-8(2)5-3-6-7-4-5/h3H,1-2H3,(H,6,7). The quantitative estimate of drug-likeness (QED) is 0.563. The molecule has 8 heavy (non-hydrogen) atoms. The molecule has 43 valence electrons. The Morgan fingerprint density at radius 2 is 2.50 bits per heavy atom. The lowest BCUT2D eigenvalue weighted by Crippen LogP contribution is -2.06. The van der Waals surface area contributed by atoms with Crippen molar-refractivity contribution in [1.82, 2.24) is 10.2 Å². The molecule has 3 heteroatoms. The molecule has 0 aromatic carbocycles. The summed E-state index contributed by atoms with van der Waals surface area (Å²) >= 11 is 0. The minimum absolute atomic E-state index is 0.977. The van der Waals surface area contributed by atoms with E-state index in [0.717, 1.165) is 5.69 Å². The van der Waals surface area contributed by atoms with E-state index >= 15 is 0 Å². The van der Waals surface area contributed by atoms with Crippen LogP contribution in [-0.4, -0.2) is 24.3 Å². The first-order chi connectivity index (χ1) is 3.80. The Bertz CT molecular complexity index is 143. The molecule has 0 aliphatic rings. The molecule has 0 spiro atoms. The van der Waals surface area contributed by atoms with Gasteiger partial charge in [0.05, 0.1) is 5.69 Å². The molecule has 1 aromatic heterocycles. The summed E-state index contributed by atoms with van der Waals surface area (Å²) in [7, 11) is 3.89. The van der Waals surface area contributed by atoms with Crippen LogP contribution in [0.5, 0.6) is 0 Å². The fraction of sp³-hybridized carbons (Fsp3) is 0.400.